The van der Waals surface area contributed by atoms with Crippen molar-refractivity contribution in [2.45, 2.75) is 0 Å². The third-order valence-electron chi connectivity index (χ3n) is 2.46. The Bertz CT molecular complexity index is 624. The number of carbonyl (C=O) groups excluding carboxylic acids is 1. The third kappa shape index (κ3) is 3.32. The van der Waals surface area contributed by atoms with Crippen LogP contribution in [0.25, 0.3) is 0 Å². The van der Waals surface area contributed by atoms with Gasteiger partial charge >= 0.3 is 0 Å². The maximum Gasteiger partial charge on any atom is 0.273 e. The first-order chi connectivity index (χ1) is 9.16. The zero-order chi connectivity index (χ0) is 13.7. The fourth-order valence-corrected chi connectivity index (χ4v) is 1.53. The van der Waals surface area contributed by atoms with E-state index in [1.54, 1.807) is 42.5 Å². The standard InChI is InChI=1S/C14H13N3O2/c15-13-7-2-1-6-12(13)14(19)17-16-9-10-4-3-5-11(18)8-10/h1-9,18H,15H2,(H,17,19). The lowest BCUT2D eigenvalue weighted by Crippen LogP contribution is -2.18. The topological polar surface area (TPSA) is 87.7 Å². The van der Waals surface area contributed by atoms with Crippen LogP contribution < -0.4 is 11.2 Å². The van der Waals surface area contributed by atoms with E-state index in [9.17, 15) is 9.90 Å². The number of carbonyl (C=O) groups is 1. The number of nitrogen functional groups attached to an aromatic ring is 1. The summed E-state index contributed by atoms with van der Waals surface area (Å²) in [6, 6.07) is 13.3. The number of nitrogens with two attached hydrogens (primary N) is 1. The fraction of sp³-hybridized carbons (Fsp3) is 0. The predicted octanol–water partition coefficient (Wildman–Crippen LogP) is 1.74. The molecule has 0 atom stereocenters. The van der Waals surface area contributed by atoms with Crippen molar-refractivity contribution in [3.05, 3.63) is 59.7 Å². The average Bonchev–Trinajstić information content (AvgIpc) is 2.39. The molecule has 0 aromatic heterocycles. The zero-order valence-corrected chi connectivity index (χ0v) is 10.1. The van der Waals surface area contributed by atoms with Crippen LogP contribution in [0.15, 0.2) is 53.6 Å². The highest BCUT2D eigenvalue weighted by atomic mass is 16.3. The summed E-state index contributed by atoms with van der Waals surface area (Å²) in [4.78, 5) is 11.8. The molecule has 0 radical (unpaired) electrons. The van der Waals surface area contributed by atoms with Crippen LogP contribution in [-0.4, -0.2) is 17.2 Å². The van der Waals surface area contributed by atoms with Crippen molar-refractivity contribution in [3.8, 4) is 5.75 Å². The van der Waals surface area contributed by atoms with E-state index in [2.05, 4.69) is 10.5 Å². The number of hydrazone groups is 1. The number of hydrogen-bond donors (Lipinski definition) is 3. The van der Waals surface area contributed by atoms with Gasteiger partial charge in [-0.05, 0) is 29.8 Å². The number of anilines is 1. The van der Waals surface area contributed by atoms with Gasteiger partial charge in [0.2, 0.25) is 0 Å². The second kappa shape index (κ2) is 5.68. The second-order valence-electron chi connectivity index (χ2n) is 3.88. The second-order valence-corrected chi connectivity index (χ2v) is 3.88. The minimum Gasteiger partial charge on any atom is -0.508 e. The Morgan fingerprint density at radius 3 is 2.74 bits per heavy atom. The number of rotatable bonds is 3. The SMILES string of the molecule is Nc1ccccc1C(=O)NN=Cc1cccc(O)c1. The quantitative estimate of drug-likeness (QED) is 0.443. The number of nitrogens with one attached hydrogen (secondary N) is 1. The van der Waals surface area contributed by atoms with Gasteiger partial charge in [0, 0.05) is 5.69 Å². The van der Waals surface area contributed by atoms with Crippen molar-refractivity contribution in [1.29, 1.82) is 0 Å². The highest BCUT2D eigenvalue weighted by Crippen LogP contribution is 2.10. The van der Waals surface area contributed by atoms with Gasteiger partial charge in [0.05, 0.1) is 11.8 Å². The number of aromatic hydroxyl groups is 1. The molecule has 1 amide bonds. The molecule has 0 aliphatic heterocycles. The van der Waals surface area contributed by atoms with Crippen LogP contribution in [0.2, 0.25) is 0 Å². The molecule has 0 aliphatic carbocycles. The third-order valence-corrected chi connectivity index (χ3v) is 2.46. The van der Waals surface area contributed by atoms with Crippen LogP contribution in [-0.2, 0) is 0 Å². The van der Waals surface area contributed by atoms with Gasteiger partial charge in [0.15, 0.2) is 0 Å². The lowest BCUT2D eigenvalue weighted by atomic mass is 10.2. The predicted molar refractivity (Wildman–Crippen MR) is 74.0 cm³/mol. The molecule has 0 saturated carbocycles. The maximum absolute atomic E-state index is 11.8. The monoisotopic (exact) mass is 255 g/mol. The molecule has 4 N–H and O–H groups in total. The van der Waals surface area contributed by atoms with E-state index in [0.29, 0.717) is 16.8 Å². The van der Waals surface area contributed by atoms with E-state index < -0.39 is 0 Å². The van der Waals surface area contributed by atoms with Crippen LogP contribution in [0.1, 0.15) is 15.9 Å². The Hall–Kier alpha value is -2.82. The summed E-state index contributed by atoms with van der Waals surface area (Å²) in [6.45, 7) is 0. The molecular formula is C14H13N3O2. The molecule has 5 heteroatoms. The zero-order valence-electron chi connectivity index (χ0n) is 10.1. The highest BCUT2D eigenvalue weighted by Gasteiger charge is 2.06. The van der Waals surface area contributed by atoms with Crippen LogP contribution >= 0.6 is 0 Å². The molecule has 19 heavy (non-hydrogen) atoms. The Morgan fingerprint density at radius 1 is 1.21 bits per heavy atom. The van der Waals surface area contributed by atoms with Gasteiger partial charge in [0.25, 0.3) is 5.91 Å². The van der Waals surface area contributed by atoms with E-state index in [1.807, 2.05) is 0 Å². The van der Waals surface area contributed by atoms with Crippen molar-refractivity contribution >= 4 is 17.8 Å². The number of benzene rings is 2. The molecular weight excluding hydrogens is 242 g/mol. The number of para-hydroxylation sites is 1. The molecule has 0 aliphatic rings. The Labute approximate surface area is 110 Å². The van der Waals surface area contributed by atoms with Crippen LogP contribution in [0.5, 0.6) is 5.75 Å². The summed E-state index contributed by atoms with van der Waals surface area (Å²) in [6.07, 6.45) is 1.44. The summed E-state index contributed by atoms with van der Waals surface area (Å²) in [7, 11) is 0. The van der Waals surface area contributed by atoms with Gasteiger partial charge < -0.3 is 10.8 Å². The summed E-state index contributed by atoms with van der Waals surface area (Å²) < 4.78 is 0. The molecule has 96 valence electrons. The summed E-state index contributed by atoms with van der Waals surface area (Å²) >= 11 is 0. The van der Waals surface area contributed by atoms with Crippen molar-refractivity contribution in [1.82, 2.24) is 5.43 Å². The normalized spacial score (nSPS) is 10.5. The van der Waals surface area contributed by atoms with E-state index in [0.717, 1.165) is 0 Å². The van der Waals surface area contributed by atoms with Gasteiger partial charge in [-0.1, -0.05) is 24.3 Å². The molecule has 0 fully saturated rings. The molecule has 0 saturated heterocycles. The number of hydrogen-bond acceptors (Lipinski definition) is 4. The van der Waals surface area contributed by atoms with Crippen LogP contribution in [0, 0.1) is 0 Å². The van der Waals surface area contributed by atoms with Crippen molar-refractivity contribution in [3.63, 3.8) is 0 Å². The lowest BCUT2D eigenvalue weighted by Gasteiger charge is -2.02. The number of phenols is 1. The Kier molecular flexibility index (Phi) is 3.78. The summed E-state index contributed by atoms with van der Waals surface area (Å²) in [5.41, 5.74) is 9.50. The molecule has 5 nitrogen and oxygen atoms in total. The van der Waals surface area contributed by atoms with Crippen LogP contribution in [0.3, 0.4) is 0 Å². The first-order valence-electron chi connectivity index (χ1n) is 5.64. The number of nitrogens with zero attached hydrogens (tertiary/aromatic N) is 1. The fourth-order valence-electron chi connectivity index (χ4n) is 1.53. The smallest absolute Gasteiger partial charge is 0.273 e. The molecule has 0 bridgehead atoms. The summed E-state index contributed by atoms with van der Waals surface area (Å²) in [5, 5.41) is 13.1. The number of phenolic OH excluding ortho intramolecular Hbond substituents is 1. The minimum atomic E-state index is -0.380. The van der Waals surface area contributed by atoms with E-state index in [4.69, 9.17) is 5.73 Å². The van der Waals surface area contributed by atoms with E-state index >= 15 is 0 Å². The molecule has 2 aromatic rings. The van der Waals surface area contributed by atoms with Gasteiger partial charge in [-0.15, -0.1) is 0 Å². The highest BCUT2D eigenvalue weighted by molar-refractivity contribution is 5.99. The van der Waals surface area contributed by atoms with Crippen molar-refractivity contribution < 1.29 is 9.90 Å². The van der Waals surface area contributed by atoms with Gasteiger partial charge in [-0.25, -0.2) is 5.43 Å². The van der Waals surface area contributed by atoms with Crippen molar-refractivity contribution in [2.75, 3.05) is 5.73 Å². The minimum absolute atomic E-state index is 0.141. The molecule has 0 heterocycles. The van der Waals surface area contributed by atoms with Gasteiger partial charge in [-0.3, -0.25) is 4.79 Å². The van der Waals surface area contributed by atoms with Crippen LogP contribution in [0.4, 0.5) is 5.69 Å². The Balaban J connectivity index is 2.03. The first-order valence-corrected chi connectivity index (χ1v) is 5.64. The molecule has 2 aromatic carbocycles. The largest absolute Gasteiger partial charge is 0.508 e. The van der Waals surface area contributed by atoms with E-state index in [-0.39, 0.29) is 11.7 Å². The van der Waals surface area contributed by atoms with Gasteiger partial charge in [0.1, 0.15) is 5.75 Å². The molecule has 0 spiro atoms. The van der Waals surface area contributed by atoms with Gasteiger partial charge in [-0.2, -0.15) is 5.10 Å². The lowest BCUT2D eigenvalue weighted by molar-refractivity contribution is 0.0956. The maximum atomic E-state index is 11.8. The Morgan fingerprint density at radius 2 is 2.00 bits per heavy atom. The van der Waals surface area contributed by atoms with Crippen molar-refractivity contribution in [2.24, 2.45) is 5.10 Å². The average molecular weight is 255 g/mol. The number of amides is 1. The summed E-state index contributed by atoms with van der Waals surface area (Å²) in [5.74, 6) is -0.239. The molecule has 2 rings (SSSR count). The van der Waals surface area contributed by atoms with E-state index in [1.165, 1.54) is 12.3 Å². The molecule has 0 unspecified atom stereocenters. The first kappa shape index (κ1) is 12.6.